The minimum Gasteiger partial charge on any atom is -0.493 e. The Morgan fingerprint density at radius 2 is 2.29 bits per heavy atom. The van der Waals surface area contributed by atoms with Gasteiger partial charge < -0.3 is 14.8 Å². The SMILES string of the molecule is CCC(NC1COC1)c1ccc2c(c1)CCO2. The molecular formula is C14H19NO2. The quantitative estimate of drug-likeness (QED) is 0.863. The molecule has 1 N–H and O–H groups in total. The predicted octanol–water partition coefficient (Wildman–Crippen LogP) is 2.06. The standard InChI is InChI=1S/C14H19NO2/c1-2-13(15-12-8-16-9-12)10-3-4-14-11(7-10)5-6-17-14/h3-4,7,12-13,15H,2,5-6,8-9H2,1H3. The third-order valence-electron chi connectivity index (χ3n) is 3.60. The summed E-state index contributed by atoms with van der Waals surface area (Å²) in [4.78, 5) is 0. The zero-order chi connectivity index (χ0) is 11.7. The highest BCUT2D eigenvalue weighted by Gasteiger charge is 2.23. The van der Waals surface area contributed by atoms with E-state index in [1.165, 1.54) is 11.1 Å². The average molecular weight is 233 g/mol. The second-order valence-electron chi connectivity index (χ2n) is 4.83. The summed E-state index contributed by atoms with van der Waals surface area (Å²) < 4.78 is 10.7. The van der Waals surface area contributed by atoms with Crippen molar-refractivity contribution in [1.29, 1.82) is 0 Å². The summed E-state index contributed by atoms with van der Waals surface area (Å²) in [6.45, 7) is 4.76. The lowest BCUT2D eigenvalue weighted by Crippen LogP contribution is -2.47. The Morgan fingerprint density at radius 1 is 1.41 bits per heavy atom. The summed E-state index contributed by atoms with van der Waals surface area (Å²) in [6, 6.07) is 7.56. The van der Waals surface area contributed by atoms with Crippen LogP contribution in [0.15, 0.2) is 18.2 Å². The van der Waals surface area contributed by atoms with Gasteiger partial charge in [-0.25, -0.2) is 0 Å². The molecule has 0 aliphatic carbocycles. The van der Waals surface area contributed by atoms with Gasteiger partial charge in [0.15, 0.2) is 0 Å². The van der Waals surface area contributed by atoms with Crippen LogP contribution < -0.4 is 10.1 Å². The lowest BCUT2D eigenvalue weighted by molar-refractivity contribution is -0.0103. The van der Waals surface area contributed by atoms with E-state index < -0.39 is 0 Å². The third kappa shape index (κ3) is 2.17. The van der Waals surface area contributed by atoms with Crippen molar-refractivity contribution >= 4 is 0 Å². The molecule has 0 saturated carbocycles. The Kier molecular flexibility index (Phi) is 3.04. The molecule has 1 unspecified atom stereocenters. The summed E-state index contributed by atoms with van der Waals surface area (Å²) in [5, 5.41) is 3.64. The zero-order valence-electron chi connectivity index (χ0n) is 10.2. The summed E-state index contributed by atoms with van der Waals surface area (Å²) in [6.07, 6.45) is 2.16. The molecule has 2 aliphatic rings. The predicted molar refractivity (Wildman–Crippen MR) is 66.4 cm³/mol. The smallest absolute Gasteiger partial charge is 0.122 e. The zero-order valence-corrected chi connectivity index (χ0v) is 10.2. The summed E-state index contributed by atoms with van der Waals surface area (Å²) in [5.41, 5.74) is 2.73. The molecule has 1 fully saturated rings. The van der Waals surface area contributed by atoms with E-state index in [0.29, 0.717) is 12.1 Å². The average Bonchev–Trinajstić information content (AvgIpc) is 2.75. The van der Waals surface area contributed by atoms with E-state index in [1.54, 1.807) is 0 Å². The molecule has 2 aliphatic heterocycles. The van der Waals surface area contributed by atoms with Crippen LogP contribution in [0.2, 0.25) is 0 Å². The Labute approximate surface area is 102 Å². The number of fused-ring (bicyclic) bond motifs is 1. The summed E-state index contributed by atoms with van der Waals surface area (Å²) in [5.74, 6) is 1.07. The van der Waals surface area contributed by atoms with E-state index in [2.05, 4.69) is 30.4 Å². The number of rotatable bonds is 4. The first-order valence-electron chi connectivity index (χ1n) is 6.46. The maximum absolute atomic E-state index is 5.54. The van der Waals surface area contributed by atoms with Gasteiger partial charge in [-0.15, -0.1) is 0 Å². The molecule has 0 spiro atoms. The molecule has 2 heterocycles. The van der Waals surface area contributed by atoms with Gasteiger partial charge in [-0.1, -0.05) is 19.1 Å². The highest BCUT2D eigenvalue weighted by atomic mass is 16.5. The van der Waals surface area contributed by atoms with Gasteiger partial charge in [0.2, 0.25) is 0 Å². The van der Waals surface area contributed by atoms with E-state index >= 15 is 0 Å². The lowest BCUT2D eigenvalue weighted by Gasteiger charge is -2.31. The first-order chi connectivity index (χ1) is 8.36. The van der Waals surface area contributed by atoms with Crippen molar-refractivity contribution < 1.29 is 9.47 Å². The second-order valence-corrected chi connectivity index (χ2v) is 4.83. The number of benzene rings is 1. The molecule has 3 heteroatoms. The van der Waals surface area contributed by atoms with Gasteiger partial charge in [-0.3, -0.25) is 0 Å². The first-order valence-corrected chi connectivity index (χ1v) is 6.46. The number of hydrogen-bond donors (Lipinski definition) is 1. The third-order valence-corrected chi connectivity index (χ3v) is 3.60. The molecule has 1 atom stereocenters. The van der Waals surface area contributed by atoms with Crippen LogP contribution in [0.3, 0.4) is 0 Å². The van der Waals surface area contributed by atoms with Gasteiger partial charge in [0.25, 0.3) is 0 Å². The fourth-order valence-electron chi connectivity index (χ4n) is 2.49. The number of nitrogens with one attached hydrogen (secondary N) is 1. The molecule has 0 aromatic heterocycles. The Hall–Kier alpha value is -1.06. The van der Waals surface area contributed by atoms with Crippen molar-refractivity contribution in [1.82, 2.24) is 5.32 Å². The van der Waals surface area contributed by atoms with Gasteiger partial charge in [-0.05, 0) is 23.6 Å². The van der Waals surface area contributed by atoms with Crippen molar-refractivity contribution in [2.45, 2.75) is 31.8 Å². The highest BCUT2D eigenvalue weighted by molar-refractivity contribution is 5.40. The minimum atomic E-state index is 0.440. The van der Waals surface area contributed by atoms with Crippen molar-refractivity contribution in [3.63, 3.8) is 0 Å². The molecule has 3 nitrogen and oxygen atoms in total. The summed E-state index contributed by atoms with van der Waals surface area (Å²) in [7, 11) is 0. The van der Waals surface area contributed by atoms with Crippen LogP contribution in [0.25, 0.3) is 0 Å². The van der Waals surface area contributed by atoms with Crippen LogP contribution in [0.4, 0.5) is 0 Å². The van der Waals surface area contributed by atoms with E-state index in [1.807, 2.05) is 0 Å². The van der Waals surface area contributed by atoms with Gasteiger partial charge in [-0.2, -0.15) is 0 Å². The van der Waals surface area contributed by atoms with Crippen LogP contribution >= 0.6 is 0 Å². The van der Waals surface area contributed by atoms with E-state index in [9.17, 15) is 0 Å². The van der Waals surface area contributed by atoms with Crippen molar-refractivity contribution in [3.05, 3.63) is 29.3 Å². The largest absolute Gasteiger partial charge is 0.493 e. The molecular weight excluding hydrogens is 214 g/mol. The Bertz CT molecular complexity index is 401. The molecule has 1 saturated heterocycles. The second kappa shape index (κ2) is 4.67. The van der Waals surface area contributed by atoms with Gasteiger partial charge >= 0.3 is 0 Å². The van der Waals surface area contributed by atoms with E-state index in [4.69, 9.17) is 9.47 Å². The summed E-state index contributed by atoms with van der Waals surface area (Å²) >= 11 is 0. The van der Waals surface area contributed by atoms with Crippen LogP contribution in [0.5, 0.6) is 5.75 Å². The molecule has 0 amide bonds. The van der Waals surface area contributed by atoms with Crippen LogP contribution in [0, 0.1) is 0 Å². The van der Waals surface area contributed by atoms with E-state index in [-0.39, 0.29) is 0 Å². The Morgan fingerprint density at radius 3 is 3.00 bits per heavy atom. The maximum atomic E-state index is 5.54. The topological polar surface area (TPSA) is 30.5 Å². The van der Waals surface area contributed by atoms with Crippen molar-refractivity contribution in [3.8, 4) is 5.75 Å². The highest BCUT2D eigenvalue weighted by Crippen LogP contribution is 2.29. The van der Waals surface area contributed by atoms with Crippen molar-refractivity contribution in [2.24, 2.45) is 0 Å². The maximum Gasteiger partial charge on any atom is 0.122 e. The molecule has 3 rings (SSSR count). The molecule has 0 radical (unpaired) electrons. The molecule has 0 bridgehead atoms. The molecule has 17 heavy (non-hydrogen) atoms. The van der Waals surface area contributed by atoms with Crippen LogP contribution in [-0.2, 0) is 11.2 Å². The van der Waals surface area contributed by atoms with E-state index in [0.717, 1.165) is 38.4 Å². The van der Waals surface area contributed by atoms with Crippen LogP contribution in [-0.4, -0.2) is 25.9 Å². The van der Waals surface area contributed by atoms with Gasteiger partial charge in [0.05, 0.1) is 25.9 Å². The normalized spacial score (nSPS) is 20.5. The lowest BCUT2D eigenvalue weighted by atomic mass is 9.99. The number of ether oxygens (including phenoxy) is 2. The van der Waals surface area contributed by atoms with Gasteiger partial charge in [0, 0.05) is 12.5 Å². The van der Waals surface area contributed by atoms with Crippen LogP contribution in [0.1, 0.15) is 30.5 Å². The minimum absolute atomic E-state index is 0.440. The first kappa shape index (κ1) is 11.1. The molecule has 1 aromatic rings. The Balaban J connectivity index is 1.76. The van der Waals surface area contributed by atoms with Crippen molar-refractivity contribution in [2.75, 3.05) is 19.8 Å². The molecule has 92 valence electrons. The fourth-order valence-corrected chi connectivity index (χ4v) is 2.49. The molecule has 1 aromatic carbocycles. The monoisotopic (exact) mass is 233 g/mol. The number of hydrogen-bond acceptors (Lipinski definition) is 3. The van der Waals surface area contributed by atoms with Gasteiger partial charge in [0.1, 0.15) is 5.75 Å². The fraction of sp³-hybridized carbons (Fsp3) is 0.571.